The van der Waals surface area contributed by atoms with Crippen LogP contribution in [0.3, 0.4) is 0 Å². The number of benzene rings is 1. The number of rotatable bonds is 3. The fourth-order valence-electron chi connectivity index (χ4n) is 1.02. The third-order valence-corrected chi connectivity index (χ3v) is 1.68. The largest absolute Gasteiger partial charge is 0.496 e. The van der Waals surface area contributed by atoms with E-state index in [4.69, 9.17) is 9.47 Å². The molecule has 0 unspecified atom stereocenters. The number of carbonyl (C=O) groups excluding carboxylic acids is 1. The molecule has 0 aromatic heterocycles. The van der Waals surface area contributed by atoms with Crippen molar-refractivity contribution in [3.05, 3.63) is 29.6 Å². The van der Waals surface area contributed by atoms with Crippen molar-refractivity contribution in [2.75, 3.05) is 7.11 Å². The van der Waals surface area contributed by atoms with Gasteiger partial charge in [-0.1, -0.05) is 0 Å². The Morgan fingerprint density at radius 2 is 2.21 bits per heavy atom. The molecule has 0 heterocycles. The van der Waals surface area contributed by atoms with E-state index in [-0.39, 0.29) is 18.4 Å². The van der Waals surface area contributed by atoms with Crippen LogP contribution in [-0.2, 0) is 16.1 Å². The third kappa shape index (κ3) is 2.73. The second-order valence-electron chi connectivity index (χ2n) is 2.74. The Bertz CT molecular complexity index is 336. The molecule has 1 aromatic carbocycles. The highest BCUT2D eigenvalue weighted by molar-refractivity contribution is 5.66. The molecule has 1 aromatic rings. The van der Waals surface area contributed by atoms with Crippen LogP contribution in [0.4, 0.5) is 4.39 Å². The molecule has 3 nitrogen and oxygen atoms in total. The molecule has 1 rings (SSSR count). The van der Waals surface area contributed by atoms with Crippen molar-refractivity contribution in [3.63, 3.8) is 0 Å². The van der Waals surface area contributed by atoms with E-state index in [1.165, 1.54) is 32.2 Å². The van der Waals surface area contributed by atoms with Crippen molar-refractivity contribution in [1.29, 1.82) is 0 Å². The first-order chi connectivity index (χ1) is 6.63. The van der Waals surface area contributed by atoms with Gasteiger partial charge < -0.3 is 9.47 Å². The Kier molecular flexibility index (Phi) is 3.45. The Morgan fingerprint density at radius 1 is 1.50 bits per heavy atom. The standard InChI is InChI=1S/C10H11FO3/c1-7(12)14-6-8-3-4-9(11)5-10(8)13-2/h3-5H,6H2,1-2H3. The molecule has 0 aliphatic heterocycles. The van der Waals surface area contributed by atoms with Gasteiger partial charge in [-0.2, -0.15) is 0 Å². The van der Waals surface area contributed by atoms with Crippen LogP contribution in [0.2, 0.25) is 0 Å². The zero-order valence-electron chi connectivity index (χ0n) is 8.04. The zero-order chi connectivity index (χ0) is 10.6. The molecule has 0 aliphatic rings. The van der Waals surface area contributed by atoms with Crippen molar-refractivity contribution in [1.82, 2.24) is 0 Å². The maximum atomic E-state index is 12.7. The number of carbonyl (C=O) groups is 1. The second-order valence-corrected chi connectivity index (χ2v) is 2.74. The summed E-state index contributed by atoms with van der Waals surface area (Å²) < 4.78 is 22.4. The summed E-state index contributed by atoms with van der Waals surface area (Å²) in [5.74, 6) is -0.379. The van der Waals surface area contributed by atoms with Crippen LogP contribution in [0.5, 0.6) is 5.75 Å². The van der Waals surface area contributed by atoms with E-state index in [0.717, 1.165) is 0 Å². The fraction of sp³-hybridized carbons (Fsp3) is 0.300. The maximum absolute atomic E-state index is 12.7. The highest BCUT2D eigenvalue weighted by Gasteiger charge is 2.05. The van der Waals surface area contributed by atoms with Gasteiger partial charge >= 0.3 is 5.97 Å². The number of hydrogen-bond acceptors (Lipinski definition) is 3. The average Bonchev–Trinajstić information content (AvgIpc) is 2.15. The van der Waals surface area contributed by atoms with Gasteiger partial charge in [-0.25, -0.2) is 4.39 Å². The van der Waals surface area contributed by atoms with Gasteiger partial charge in [-0.05, 0) is 12.1 Å². The molecule has 0 saturated heterocycles. The van der Waals surface area contributed by atoms with Gasteiger partial charge in [0.05, 0.1) is 7.11 Å². The topological polar surface area (TPSA) is 35.5 Å². The van der Waals surface area contributed by atoms with Gasteiger partial charge in [0.1, 0.15) is 18.2 Å². The van der Waals surface area contributed by atoms with Crippen LogP contribution in [0.1, 0.15) is 12.5 Å². The number of halogens is 1. The lowest BCUT2D eigenvalue weighted by atomic mass is 10.2. The SMILES string of the molecule is COc1cc(F)ccc1COC(C)=O. The quantitative estimate of drug-likeness (QED) is 0.696. The van der Waals surface area contributed by atoms with Crippen molar-refractivity contribution in [3.8, 4) is 5.75 Å². The number of ether oxygens (including phenoxy) is 2. The molecule has 0 saturated carbocycles. The summed E-state index contributed by atoms with van der Waals surface area (Å²) in [6, 6.07) is 4.07. The molecule has 0 fully saturated rings. The first kappa shape index (κ1) is 10.5. The first-order valence-electron chi connectivity index (χ1n) is 4.09. The minimum atomic E-state index is -0.381. The third-order valence-electron chi connectivity index (χ3n) is 1.68. The Labute approximate surface area is 81.4 Å². The summed E-state index contributed by atoms with van der Waals surface area (Å²) in [4.78, 5) is 10.5. The van der Waals surface area contributed by atoms with E-state index in [1.807, 2.05) is 0 Å². The predicted octanol–water partition coefficient (Wildman–Crippen LogP) is 1.90. The summed E-state index contributed by atoms with van der Waals surface area (Å²) in [6.07, 6.45) is 0. The van der Waals surface area contributed by atoms with Crippen molar-refractivity contribution in [2.45, 2.75) is 13.5 Å². The summed E-state index contributed by atoms with van der Waals surface area (Å²) in [6.45, 7) is 1.41. The number of methoxy groups -OCH3 is 1. The smallest absolute Gasteiger partial charge is 0.302 e. The van der Waals surface area contributed by atoms with Crippen LogP contribution in [0.15, 0.2) is 18.2 Å². The summed E-state index contributed by atoms with van der Waals surface area (Å²) >= 11 is 0. The van der Waals surface area contributed by atoms with Gasteiger partial charge in [0.2, 0.25) is 0 Å². The molecule has 0 amide bonds. The molecule has 0 bridgehead atoms. The van der Waals surface area contributed by atoms with Crippen LogP contribution < -0.4 is 4.74 Å². The molecule has 0 N–H and O–H groups in total. The first-order valence-corrected chi connectivity index (χ1v) is 4.09. The number of esters is 1. The Morgan fingerprint density at radius 3 is 2.79 bits per heavy atom. The highest BCUT2D eigenvalue weighted by Crippen LogP contribution is 2.20. The van der Waals surface area contributed by atoms with Gasteiger partial charge in [-0.3, -0.25) is 4.79 Å². The second kappa shape index (κ2) is 4.60. The average molecular weight is 198 g/mol. The molecule has 76 valence electrons. The predicted molar refractivity (Wildman–Crippen MR) is 48.4 cm³/mol. The summed E-state index contributed by atoms with van der Waals surface area (Å²) in [5, 5.41) is 0. The van der Waals surface area contributed by atoms with E-state index < -0.39 is 0 Å². The van der Waals surface area contributed by atoms with E-state index in [1.54, 1.807) is 0 Å². The van der Waals surface area contributed by atoms with Crippen LogP contribution >= 0.6 is 0 Å². The van der Waals surface area contributed by atoms with Crippen LogP contribution in [0, 0.1) is 5.82 Å². The fourth-order valence-corrected chi connectivity index (χ4v) is 1.02. The van der Waals surface area contributed by atoms with Gasteiger partial charge in [0.25, 0.3) is 0 Å². The van der Waals surface area contributed by atoms with Crippen LogP contribution in [0.25, 0.3) is 0 Å². The lowest BCUT2D eigenvalue weighted by Crippen LogP contribution is -2.01. The maximum Gasteiger partial charge on any atom is 0.302 e. The lowest BCUT2D eigenvalue weighted by molar-refractivity contribution is -0.142. The van der Waals surface area contributed by atoms with E-state index in [2.05, 4.69) is 0 Å². The highest BCUT2D eigenvalue weighted by atomic mass is 19.1. The normalized spacial score (nSPS) is 9.64. The van der Waals surface area contributed by atoms with Crippen molar-refractivity contribution in [2.24, 2.45) is 0 Å². The van der Waals surface area contributed by atoms with Crippen LogP contribution in [-0.4, -0.2) is 13.1 Å². The minimum Gasteiger partial charge on any atom is -0.496 e. The van der Waals surface area contributed by atoms with Crippen molar-refractivity contribution < 1.29 is 18.7 Å². The zero-order valence-corrected chi connectivity index (χ0v) is 8.04. The number of hydrogen-bond donors (Lipinski definition) is 0. The molecule has 0 spiro atoms. The molecule has 0 radical (unpaired) electrons. The molecule has 14 heavy (non-hydrogen) atoms. The molecular weight excluding hydrogens is 187 g/mol. The minimum absolute atomic E-state index is 0.0960. The Hall–Kier alpha value is -1.58. The molecular formula is C10H11FO3. The molecule has 0 aliphatic carbocycles. The Balaban J connectivity index is 2.80. The van der Waals surface area contributed by atoms with Crippen molar-refractivity contribution >= 4 is 5.97 Å². The van der Waals surface area contributed by atoms with Gasteiger partial charge in [0.15, 0.2) is 0 Å². The lowest BCUT2D eigenvalue weighted by Gasteiger charge is -2.07. The molecule has 4 heteroatoms. The van der Waals surface area contributed by atoms with Gasteiger partial charge in [0, 0.05) is 18.6 Å². The monoisotopic (exact) mass is 198 g/mol. The summed E-state index contributed by atoms with van der Waals surface area (Å²) in [7, 11) is 1.44. The summed E-state index contributed by atoms with van der Waals surface area (Å²) in [5.41, 5.74) is 0.643. The van der Waals surface area contributed by atoms with E-state index in [0.29, 0.717) is 11.3 Å². The van der Waals surface area contributed by atoms with E-state index >= 15 is 0 Å². The van der Waals surface area contributed by atoms with E-state index in [9.17, 15) is 9.18 Å². The molecule has 0 atom stereocenters. The van der Waals surface area contributed by atoms with Gasteiger partial charge in [-0.15, -0.1) is 0 Å².